The van der Waals surface area contributed by atoms with Crippen molar-refractivity contribution < 1.29 is 12.6 Å². The highest BCUT2D eigenvalue weighted by Crippen LogP contribution is 2.33. The van der Waals surface area contributed by atoms with Gasteiger partial charge in [0.2, 0.25) is 0 Å². The quantitative estimate of drug-likeness (QED) is 0.454. The Balaban J connectivity index is 1.54. The number of rotatable bonds is 5. The maximum absolute atomic E-state index is 12.2. The summed E-state index contributed by atoms with van der Waals surface area (Å²) < 4.78 is 29.7. The molecule has 0 saturated carbocycles. The zero-order valence-corrected chi connectivity index (χ0v) is 15.7. The normalized spacial score (nSPS) is 11.4. The molecule has 0 fully saturated rings. The number of thiophene rings is 1. The third-order valence-corrected chi connectivity index (χ3v) is 7.20. The van der Waals surface area contributed by atoms with E-state index < -0.39 is 10.1 Å². The van der Waals surface area contributed by atoms with E-state index in [2.05, 4.69) is 9.97 Å². The lowest BCUT2D eigenvalue weighted by Gasteiger charge is -2.05. The first-order valence-electron chi connectivity index (χ1n) is 7.56. The third kappa shape index (κ3) is 3.52. The lowest BCUT2D eigenvalue weighted by atomic mass is 10.2. The van der Waals surface area contributed by atoms with E-state index >= 15 is 0 Å². The van der Waals surface area contributed by atoms with Crippen molar-refractivity contribution in [3.63, 3.8) is 0 Å². The molecule has 5 nitrogen and oxygen atoms in total. The van der Waals surface area contributed by atoms with Crippen molar-refractivity contribution in [3.05, 3.63) is 72.5 Å². The number of hydrogen-bond donors (Lipinski definition) is 0. The number of nitrogens with zero attached hydrogens (tertiary/aromatic N) is 2. The van der Waals surface area contributed by atoms with Crippen LogP contribution >= 0.6 is 22.7 Å². The van der Waals surface area contributed by atoms with Crippen molar-refractivity contribution in [2.45, 2.75) is 4.21 Å². The third-order valence-electron chi connectivity index (χ3n) is 3.50. The van der Waals surface area contributed by atoms with Gasteiger partial charge >= 0.3 is 10.1 Å². The largest absolute Gasteiger partial charge is 0.378 e. The fraction of sp³-hybridized carbons (Fsp3) is 0. The first kappa shape index (κ1) is 16.9. The number of thiazole rings is 1. The van der Waals surface area contributed by atoms with Crippen LogP contribution in [-0.2, 0) is 10.1 Å². The van der Waals surface area contributed by atoms with E-state index in [1.54, 1.807) is 53.5 Å². The molecule has 0 N–H and O–H groups in total. The summed E-state index contributed by atoms with van der Waals surface area (Å²) in [6.45, 7) is 0. The fourth-order valence-corrected chi connectivity index (χ4v) is 5.07. The first-order chi connectivity index (χ1) is 12.6. The molecule has 0 aliphatic rings. The predicted molar refractivity (Wildman–Crippen MR) is 103 cm³/mol. The average Bonchev–Trinajstić information content (AvgIpc) is 3.35. The Kier molecular flexibility index (Phi) is 4.54. The number of hydrogen-bond acceptors (Lipinski definition) is 7. The lowest BCUT2D eigenvalue weighted by molar-refractivity contribution is 0.488. The number of benzene rings is 1. The molecule has 0 radical (unpaired) electrons. The van der Waals surface area contributed by atoms with Crippen LogP contribution in [0, 0.1) is 0 Å². The summed E-state index contributed by atoms with van der Waals surface area (Å²) >= 11 is 2.67. The minimum atomic E-state index is -3.78. The van der Waals surface area contributed by atoms with Crippen LogP contribution in [0.2, 0.25) is 0 Å². The smallest absolute Gasteiger partial charge is 0.348 e. The topological polar surface area (TPSA) is 69.2 Å². The summed E-state index contributed by atoms with van der Waals surface area (Å²) in [6.07, 6.45) is 5.29. The summed E-state index contributed by atoms with van der Waals surface area (Å²) in [4.78, 5) is 9.52. The molecule has 0 aliphatic carbocycles. The van der Waals surface area contributed by atoms with Gasteiger partial charge in [-0.25, -0.2) is 4.98 Å². The van der Waals surface area contributed by atoms with E-state index in [-0.39, 0.29) is 9.96 Å². The van der Waals surface area contributed by atoms with Gasteiger partial charge in [0.05, 0.1) is 4.88 Å². The fourth-order valence-electron chi connectivity index (χ4n) is 2.28. The van der Waals surface area contributed by atoms with Crippen LogP contribution in [0.5, 0.6) is 5.75 Å². The van der Waals surface area contributed by atoms with Crippen molar-refractivity contribution in [2.24, 2.45) is 0 Å². The molecule has 3 aromatic heterocycles. The van der Waals surface area contributed by atoms with Gasteiger partial charge in [0.25, 0.3) is 0 Å². The lowest BCUT2D eigenvalue weighted by Crippen LogP contribution is -2.07. The van der Waals surface area contributed by atoms with E-state index in [0.717, 1.165) is 32.3 Å². The molecule has 130 valence electrons. The van der Waals surface area contributed by atoms with Crippen LogP contribution in [0.25, 0.3) is 21.0 Å². The van der Waals surface area contributed by atoms with Crippen molar-refractivity contribution in [3.8, 4) is 26.8 Å². The number of pyridine rings is 1. The zero-order valence-electron chi connectivity index (χ0n) is 13.3. The highest BCUT2D eigenvalue weighted by molar-refractivity contribution is 7.89. The number of aromatic nitrogens is 2. The maximum Gasteiger partial charge on any atom is 0.348 e. The molecule has 8 heteroatoms. The first-order valence-corrected chi connectivity index (χ1v) is 10.7. The van der Waals surface area contributed by atoms with E-state index in [0.29, 0.717) is 0 Å². The standard InChI is InChI=1S/C18H12N2O3S3/c21-26(22,17-4-2-10-24-17)23-15-7-5-13(6-8-15)16-12-20-18(25-16)14-3-1-9-19-11-14/h1-12H. The molecular weight excluding hydrogens is 388 g/mol. The van der Waals surface area contributed by atoms with E-state index in [4.69, 9.17) is 4.18 Å². The molecule has 0 saturated heterocycles. The SMILES string of the molecule is O=S(=O)(Oc1ccc(-c2cnc(-c3cccnc3)s2)cc1)c1cccs1. The molecule has 0 amide bonds. The van der Waals surface area contributed by atoms with Gasteiger partial charge in [0.1, 0.15) is 10.8 Å². The second-order valence-electron chi connectivity index (χ2n) is 5.27. The van der Waals surface area contributed by atoms with E-state index in [1.165, 1.54) is 6.07 Å². The van der Waals surface area contributed by atoms with Gasteiger partial charge in [-0.3, -0.25) is 4.98 Å². The minimum absolute atomic E-state index is 0.185. The van der Waals surface area contributed by atoms with Gasteiger partial charge in [0, 0.05) is 24.2 Å². The molecule has 4 aromatic rings. The molecule has 0 unspecified atom stereocenters. The van der Waals surface area contributed by atoms with Gasteiger partial charge < -0.3 is 4.18 Å². The Hall–Kier alpha value is -2.55. The summed E-state index contributed by atoms with van der Waals surface area (Å²) in [7, 11) is -3.78. The highest BCUT2D eigenvalue weighted by Gasteiger charge is 2.17. The molecule has 26 heavy (non-hydrogen) atoms. The molecule has 3 heterocycles. The Morgan fingerprint density at radius 1 is 0.923 bits per heavy atom. The van der Waals surface area contributed by atoms with Crippen molar-refractivity contribution in [1.82, 2.24) is 9.97 Å². The van der Waals surface area contributed by atoms with Crippen LogP contribution in [0.3, 0.4) is 0 Å². The Labute approximate surface area is 158 Å². The van der Waals surface area contributed by atoms with Crippen LogP contribution in [0.15, 0.2) is 76.7 Å². The van der Waals surface area contributed by atoms with E-state index in [1.807, 2.05) is 24.3 Å². The van der Waals surface area contributed by atoms with Gasteiger partial charge in [-0.2, -0.15) is 8.42 Å². The Morgan fingerprint density at radius 2 is 1.77 bits per heavy atom. The van der Waals surface area contributed by atoms with Gasteiger partial charge in [-0.05, 0) is 53.4 Å². The van der Waals surface area contributed by atoms with Crippen LogP contribution in [-0.4, -0.2) is 18.4 Å². The van der Waals surface area contributed by atoms with Gasteiger partial charge in [-0.1, -0.05) is 6.07 Å². The van der Waals surface area contributed by atoms with Gasteiger partial charge in [0.15, 0.2) is 4.21 Å². The van der Waals surface area contributed by atoms with Crippen molar-refractivity contribution >= 4 is 32.8 Å². The summed E-state index contributed by atoms with van der Waals surface area (Å²) in [5.41, 5.74) is 1.91. The molecule has 0 bridgehead atoms. The summed E-state index contributed by atoms with van der Waals surface area (Å²) in [5, 5.41) is 2.58. The zero-order chi connectivity index (χ0) is 18.0. The van der Waals surface area contributed by atoms with E-state index in [9.17, 15) is 8.42 Å². The molecule has 0 spiro atoms. The molecule has 0 atom stereocenters. The minimum Gasteiger partial charge on any atom is -0.378 e. The van der Waals surface area contributed by atoms with Crippen LogP contribution in [0.4, 0.5) is 0 Å². The highest BCUT2D eigenvalue weighted by atomic mass is 32.3. The Morgan fingerprint density at radius 3 is 2.46 bits per heavy atom. The monoisotopic (exact) mass is 400 g/mol. The second kappa shape index (κ2) is 6.99. The van der Waals surface area contributed by atoms with Crippen molar-refractivity contribution in [2.75, 3.05) is 0 Å². The van der Waals surface area contributed by atoms with Gasteiger partial charge in [-0.15, -0.1) is 22.7 Å². The molecule has 0 aliphatic heterocycles. The summed E-state index contributed by atoms with van der Waals surface area (Å²) in [6, 6.07) is 13.9. The maximum atomic E-state index is 12.2. The van der Waals surface area contributed by atoms with Crippen LogP contribution < -0.4 is 4.18 Å². The van der Waals surface area contributed by atoms with Crippen LogP contribution in [0.1, 0.15) is 0 Å². The summed E-state index contributed by atoms with van der Waals surface area (Å²) in [5.74, 6) is 0.277. The second-order valence-corrected chi connectivity index (χ2v) is 9.02. The molecular formula is C18H12N2O3S3. The molecule has 4 rings (SSSR count). The Bertz CT molecular complexity index is 1100. The molecule has 1 aromatic carbocycles. The van der Waals surface area contributed by atoms with Crippen molar-refractivity contribution in [1.29, 1.82) is 0 Å². The average molecular weight is 401 g/mol. The predicted octanol–water partition coefficient (Wildman–Crippen LogP) is 4.70.